The number of ether oxygens (including phenoxy) is 3. The van der Waals surface area contributed by atoms with Crippen LogP contribution in [0.25, 0.3) is 0 Å². The highest BCUT2D eigenvalue weighted by molar-refractivity contribution is 4.57. The van der Waals surface area contributed by atoms with Crippen LogP contribution in [0.4, 0.5) is 0 Å². The molecule has 0 saturated carbocycles. The molecule has 0 rings (SSSR count). The number of hydrogen-bond donors (Lipinski definition) is 2. The maximum Gasteiger partial charge on any atom is 0.121 e. The molecule has 0 aliphatic rings. The van der Waals surface area contributed by atoms with E-state index < -0.39 is 0 Å². The standard InChI is InChI=1S/C6H10O2.C4H6O.C3H9NO/c1-3-7-5-6-8-4-2;1-3-5-4-2;4-2-1-3-5/h3-4H,1-2,5-6H2;3-4H,1-2H2;5H,1-4H2. The SMILES string of the molecule is C=COC=C.C=COCCOC=C.NCCCO. The fourth-order valence-corrected chi connectivity index (χ4v) is 0.422. The van der Waals surface area contributed by atoms with Crippen LogP contribution in [0.3, 0.4) is 0 Å². The summed E-state index contributed by atoms with van der Waals surface area (Å²) in [7, 11) is 0. The second-order valence-corrected chi connectivity index (χ2v) is 2.41. The molecular formula is C13H25NO4. The van der Waals surface area contributed by atoms with E-state index in [1.165, 1.54) is 25.0 Å². The van der Waals surface area contributed by atoms with Gasteiger partial charge in [-0.15, -0.1) is 0 Å². The summed E-state index contributed by atoms with van der Waals surface area (Å²) in [6.07, 6.45) is 6.11. The van der Waals surface area contributed by atoms with Crippen molar-refractivity contribution >= 4 is 0 Å². The maximum atomic E-state index is 7.99. The third kappa shape index (κ3) is 47.5. The van der Waals surface area contributed by atoms with Gasteiger partial charge < -0.3 is 25.1 Å². The number of hydrogen-bond acceptors (Lipinski definition) is 5. The molecule has 0 bridgehead atoms. The van der Waals surface area contributed by atoms with E-state index in [2.05, 4.69) is 31.1 Å². The minimum Gasteiger partial charge on any atom is -0.498 e. The zero-order valence-corrected chi connectivity index (χ0v) is 10.9. The molecule has 0 amide bonds. The monoisotopic (exact) mass is 259 g/mol. The van der Waals surface area contributed by atoms with Crippen molar-refractivity contribution in [3.63, 3.8) is 0 Å². The van der Waals surface area contributed by atoms with Gasteiger partial charge in [0, 0.05) is 6.61 Å². The number of rotatable bonds is 9. The average molecular weight is 259 g/mol. The third-order valence-corrected chi connectivity index (χ3v) is 1.11. The fraction of sp³-hybridized carbons (Fsp3) is 0.385. The summed E-state index contributed by atoms with van der Waals surface area (Å²) < 4.78 is 13.8. The van der Waals surface area contributed by atoms with Crippen LogP contribution in [0, 0.1) is 0 Å². The van der Waals surface area contributed by atoms with E-state index in [1.54, 1.807) is 0 Å². The van der Waals surface area contributed by atoms with Gasteiger partial charge in [-0.2, -0.15) is 0 Å². The molecule has 18 heavy (non-hydrogen) atoms. The first-order valence-corrected chi connectivity index (χ1v) is 5.38. The number of aliphatic hydroxyl groups excluding tert-OH is 1. The molecule has 0 heterocycles. The summed E-state index contributed by atoms with van der Waals surface area (Å²) in [4.78, 5) is 0. The lowest BCUT2D eigenvalue weighted by molar-refractivity contribution is 0.151. The lowest BCUT2D eigenvalue weighted by Gasteiger charge is -1.97. The van der Waals surface area contributed by atoms with E-state index in [0.29, 0.717) is 19.8 Å². The van der Waals surface area contributed by atoms with Crippen LogP contribution in [0.2, 0.25) is 0 Å². The first kappa shape index (κ1) is 21.6. The molecule has 5 heteroatoms. The van der Waals surface area contributed by atoms with Gasteiger partial charge in [-0.1, -0.05) is 26.3 Å². The molecule has 0 radical (unpaired) electrons. The van der Waals surface area contributed by atoms with E-state index >= 15 is 0 Å². The molecule has 0 aromatic carbocycles. The lowest BCUT2D eigenvalue weighted by Crippen LogP contribution is -1.99. The molecule has 0 aromatic rings. The van der Waals surface area contributed by atoms with Crippen molar-refractivity contribution in [1.29, 1.82) is 0 Å². The molecule has 0 spiro atoms. The summed E-state index contributed by atoms with van der Waals surface area (Å²) in [6.45, 7) is 15.1. The topological polar surface area (TPSA) is 73.9 Å². The van der Waals surface area contributed by atoms with Crippen LogP contribution in [0.1, 0.15) is 6.42 Å². The Balaban J connectivity index is -0.000000197. The van der Waals surface area contributed by atoms with Crippen LogP contribution in [0.5, 0.6) is 0 Å². The van der Waals surface area contributed by atoms with E-state index in [4.69, 9.17) is 20.3 Å². The van der Waals surface area contributed by atoms with Gasteiger partial charge in [0.25, 0.3) is 0 Å². The largest absolute Gasteiger partial charge is 0.498 e. The smallest absolute Gasteiger partial charge is 0.121 e. The zero-order valence-electron chi connectivity index (χ0n) is 10.9. The molecule has 3 N–H and O–H groups in total. The van der Waals surface area contributed by atoms with Crippen molar-refractivity contribution in [3.05, 3.63) is 51.4 Å². The first-order valence-electron chi connectivity index (χ1n) is 5.38. The van der Waals surface area contributed by atoms with Gasteiger partial charge in [-0.05, 0) is 13.0 Å². The molecule has 0 unspecified atom stereocenters. The number of aliphatic hydroxyl groups is 1. The Morgan fingerprint density at radius 1 is 0.889 bits per heavy atom. The molecule has 5 nitrogen and oxygen atoms in total. The highest BCUT2D eigenvalue weighted by Gasteiger charge is 1.77. The van der Waals surface area contributed by atoms with E-state index in [-0.39, 0.29) is 6.61 Å². The van der Waals surface area contributed by atoms with E-state index in [9.17, 15) is 0 Å². The predicted molar refractivity (Wildman–Crippen MR) is 74.5 cm³/mol. The second-order valence-electron chi connectivity index (χ2n) is 2.41. The quantitative estimate of drug-likeness (QED) is 0.489. The Morgan fingerprint density at radius 2 is 1.33 bits per heavy atom. The third-order valence-electron chi connectivity index (χ3n) is 1.11. The minimum atomic E-state index is 0.219. The number of nitrogens with two attached hydrogens (primary N) is 1. The summed E-state index contributed by atoms with van der Waals surface area (Å²) in [5, 5.41) is 7.99. The van der Waals surface area contributed by atoms with Gasteiger partial charge in [0.15, 0.2) is 0 Å². The van der Waals surface area contributed by atoms with Crippen molar-refractivity contribution in [2.75, 3.05) is 26.4 Å². The summed E-state index contributed by atoms with van der Waals surface area (Å²) >= 11 is 0. The van der Waals surface area contributed by atoms with Gasteiger partial charge in [-0.25, -0.2) is 0 Å². The Kier molecular flexibility index (Phi) is 35.3. The van der Waals surface area contributed by atoms with Crippen LogP contribution in [-0.4, -0.2) is 31.5 Å². The maximum absolute atomic E-state index is 7.99. The Hall–Kier alpha value is -1.72. The van der Waals surface area contributed by atoms with Gasteiger partial charge in [-0.3, -0.25) is 0 Å². The molecule has 106 valence electrons. The molecule has 0 atom stereocenters. The summed E-state index contributed by atoms with van der Waals surface area (Å²) in [5.74, 6) is 0. The molecule has 0 aromatic heterocycles. The Morgan fingerprint density at radius 3 is 1.44 bits per heavy atom. The molecular weight excluding hydrogens is 234 g/mol. The molecule has 0 saturated heterocycles. The van der Waals surface area contributed by atoms with Gasteiger partial charge in [0.2, 0.25) is 0 Å². The van der Waals surface area contributed by atoms with Crippen molar-refractivity contribution in [2.45, 2.75) is 6.42 Å². The van der Waals surface area contributed by atoms with Crippen LogP contribution < -0.4 is 5.73 Å². The van der Waals surface area contributed by atoms with Crippen LogP contribution >= 0.6 is 0 Å². The first-order chi connectivity index (χ1) is 8.74. The minimum absolute atomic E-state index is 0.219. The highest BCUT2D eigenvalue weighted by atomic mass is 16.5. The summed E-state index contributed by atoms with van der Waals surface area (Å²) in [5.41, 5.74) is 4.98. The molecule has 0 aliphatic carbocycles. The van der Waals surface area contributed by atoms with Crippen molar-refractivity contribution in [3.8, 4) is 0 Å². The van der Waals surface area contributed by atoms with Crippen LogP contribution in [-0.2, 0) is 14.2 Å². The molecule has 0 aliphatic heterocycles. The van der Waals surface area contributed by atoms with Gasteiger partial charge in [0.05, 0.1) is 25.0 Å². The Bertz CT molecular complexity index is 166. The lowest BCUT2D eigenvalue weighted by atomic mass is 10.5. The van der Waals surface area contributed by atoms with Crippen LogP contribution in [0.15, 0.2) is 51.4 Å². The predicted octanol–water partition coefficient (Wildman–Crippen LogP) is 1.92. The van der Waals surface area contributed by atoms with Crippen molar-refractivity contribution in [1.82, 2.24) is 0 Å². The summed E-state index contributed by atoms with van der Waals surface area (Å²) in [6, 6.07) is 0. The average Bonchev–Trinajstić information content (AvgIpc) is 2.38. The van der Waals surface area contributed by atoms with Gasteiger partial charge in [0.1, 0.15) is 13.2 Å². The normalized spacial score (nSPS) is 7.22. The Labute approximate surface area is 110 Å². The van der Waals surface area contributed by atoms with Gasteiger partial charge >= 0.3 is 0 Å². The fourth-order valence-electron chi connectivity index (χ4n) is 0.422. The zero-order chi connectivity index (χ0) is 14.5. The second kappa shape index (κ2) is 29.5. The molecule has 0 fully saturated rings. The van der Waals surface area contributed by atoms with E-state index in [1.807, 2.05) is 0 Å². The van der Waals surface area contributed by atoms with Crippen molar-refractivity contribution < 1.29 is 19.3 Å². The highest BCUT2D eigenvalue weighted by Crippen LogP contribution is 1.76. The van der Waals surface area contributed by atoms with Crippen molar-refractivity contribution in [2.24, 2.45) is 5.73 Å². The van der Waals surface area contributed by atoms with E-state index in [0.717, 1.165) is 6.42 Å².